The van der Waals surface area contributed by atoms with Crippen molar-refractivity contribution in [1.29, 1.82) is 0 Å². The van der Waals surface area contributed by atoms with Gasteiger partial charge >= 0.3 is 5.82 Å². The van der Waals surface area contributed by atoms with Gasteiger partial charge in [0.2, 0.25) is 5.52 Å². The lowest BCUT2D eigenvalue weighted by Gasteiger charge is -2.13. The molecule has 3 aromatic rings. The number of nitrogen functional groups attached to an aromatic ring is 1. The molecule has 0 aliphatic carbocycles. The van der Waals surface area contributed by atoms with Crippen LogP contribution in [-0.4, -0.2) is 9.94 Å². The van der Waals surface area contributed by atoms with E-state index in [4.69, 9.17) is 28.9 Å². The number of hydrogen-bond donors (Lipinski definition) is 2. The summed E-state index contributed by atoms with van der Waals surface area (Å²) >= 11 is 12.4. The van der Waals surface area contributed by atoms with E-state index in [1.165, 1.54) is 0 Å². The molecule has 0 atom stereocenters. The lowest BCUT2D eigenvalue weighted by Crippen LogP contribution is -2.26. The predicted molar refractivity (Wildman–Crippen MR) is 91.8 cm³/mol. The molecular weight excluding hydrogens is 337 g/mol. The summed E-state index contributed by atoms with van der Waals surface area (Å²) in [7, 11) is 0. The van der Waals surface area contributed by atoms with E-state index in [1.54, 1.807) is 30.3 Å². The number of nitrogens with zero attached hydrogens (tertiary/aromatic N) is 2. The Hall–Kier alpha value is -2.24. The van der Waals surface area contributed by atoms with Gasteiger partial charge in [0.25, 0.3) is 0 Å². The molecule has 5 nitrogen and oxygen atoms in total. The van der Waals surface area contributed by atoms with Crippen molar-refractivity contribution in [3.05, 3.63) is 56.4 Å². The Labute approximate surface area is 142 Å². The molecule has 0 saturated heterocycles. The third kappa shape index (κ3) is 2.33. The number of halogens is 2. The van der Waals surface area contributed by atoms with Crippen LogP contribution in [0.5, 0.6) is 0 Å². The number of aryl methyl sites for hydroxylation is 2. The van der Waals surface area contributed by atoms with Crippen molar-refractivity contribution < 1.29 is 9.63 Å². The van der Waals surface area contributed by atoms with Crippen molar-refractivity contribution in [2.24, 2.45) is 0 Å². The number of benzene rings is 2. The summed E-state index contributed by atoms with van der Waals surface area (Å²) in [5.74, 6) is -0.182. The van der Waals surface area contributed by atoms with Gasteiger partial charge in [-0.15, -0.1) is 0 Å². The van der Waals surface area contributed by atoms with Crippen molar-refractivity contribution >= 4 is 40.1 Å². The highest BCUT2D eigenvalue weighted by atomic mass is 35.5. The van der Waals surface area contributed by atoms with E-state index in [1.807, 2.05) is 13.8 Å². The molecule has 0 amide bonds. The predicted octanol–water partition coefficient (Wildman–Crippen LogP) is 3.97. The minimum atomic E-state index is -0.182. The van der Waals surface area contributed by atoms with Crippen LogP contribution in [0, 0.1) is 18.8 Å². The summed E-state index contributed by atoms with van der Waals surface area (Å²) in [6.45, 7) is 3.77. The lowest BCUT2D eigenvalue weighted by molar-refractivity contribution is -0.447. The number of aromatic nitrogens is 2. The molecular formula is C16H14Cl2N3O2+. The fraction of sp³-hybridized carbons (Fsp3) is 0.125. The molecule has 1 heterocycles. The molecule has 118 valence electrons. The smallest absolute Gasteiger partial charge is 0.346 e. The molecule has 0 aliphatic heterocycles. The minimum Gasteiger partial charge on any atom is -0.427 e. The first-order chi connectivity index (χ1) is 10.8. The summed E-state index contributed by atoms with van der Waals surface area (Å²) in [5, 5.41) is 11.2. The second-order valence-electron chi connectivity index (χ2n) is 5.36. The molecule has 3 N–H and O–H groups in total. The van der Waals surface area contributed by atoms with E-state index in [0.717, 1.165) is 15.9 Å². The number of rotatable bonds is 1. The molecule has 0 radical (unpaired) electrons. The van der Waals surface area contributed by atoms with Crippen LogP contribution in [-0.2, 0) is 0 Å². The van der Waals surface area contributed by atoms with Crippen molar-refractivity contribution in [1.82, 2.24) is 4.73 Å². The van der Waals surface area contributed by atoms with Gasteiger partial charge in [-0.2, -0.15) is 4.73 Å². The zero-order chi connectivity index (χ0) is 16.9. The highest BCUT2D eigenvalue weighted by Crippen LogP contribution is 2.37. The van der Waals surface area contributed by atoms with Gasteiger partial charge in [0.15, 0.2) is 5.69 Å². The molecule has 1 aromatic heterocycles. The van der Waals surface area contributed by atoms with E-state index in [9.17, 15) is 10.1 Å². The Morgan fingerprint density at radius 1 is 1.13 bits per heavy atom. The molecule has 23 heavy (non-hydrogen) atoms. The van der Waals surface area contributed by atoms with E-state index in [2.05, 4.69) is 0 Å². The van der Waals surface area contributed by atoms with Crippen LogP contribution in [0.1, 0.15) is 11.1 Å². The second kappa shape index (κ2) is 5.44. The maximum atomic E-state index is 12.5. The van der Waals surface area contributed by atoms with Gasteiger partial charge in [0.05, 0.1) is 10.0 Å². The summed E-state index contributed by atoms with van der Waals surface area (Å²) in [6, 6.07) is 8.29. The van der Waals surface area contributed by atoms with Crippen molar-refractivity contribution in [2.75, 3.05) is 5.73 Å². The van der Waals surface area contributed by atoms with Crippen LogP contribution in [0.3, 0.4) is 0 Å². The van der Waals surface area contributed by atoms with Crippen molar-refractivity contribution in [3.63, 3.8) is 0 Å². The molecule has 0 aliphatic rings. The van der Waals surface area contributed by atoms with Gasteiger partial charge in [0, 0.05) is 9.99 Å². The third-order valence-corrected chi connectivity index (χ3v) is 4.54. The molecule has 7 heteroatoms. The fourth-order valence-electron chi connectivity index (χ4n) is 2.53. The molecule has 0 fully saturated rings. The Kier molecular flexibility index (Phi) is 3.70. The van der Waals surface area contributed by atoms with E-state index in [0.29, 0.717) is 15.5 Å². The summed E-state index contributed by atoms with van der Waals surface area (Å²) in [5.41, 5.74) is 8.77. The number of fused-ring (bicyclic) bond motifs is 1. The maximum absolute atomic E-state index is 12.5. The molecule has 0 unspecified atom stereocenters. The molecule has 3 rings (SSSR count). The highest BCUT2D eigenvalue weighted by Gasteiger charge is 2.25. The van der Waals surface area contributed by atoms with Crippen LogP contribution in [0.2, 0.25) is 10.0 Å². The van der Waals surface area contributed by atoms with Gasteiger partial charge in [-0.25, -0.2) is 0 Å². The Balaban J connectivity index is 2.53. The fourth-order valence-corrected chi connectivity index (χ4v) is 3.11. The quantitative estimate of drug-likeness (QED) is 0.515. The summed E-state index contributed by atoms with van der Waals surface area (Å²) < 4.78 is 1.43. The largest absolute Gasteiger partial charge is 0.427 e. The molecule has 0 bridgehead atoms. The van der Waals surface area contributed by atoms with Crippen molar-refractivity contribution in [2.45, 2.75) is 13.8 Å². The molecule has 0 saturated carbocycles. The summed E-state index contributed by atoms with van der Waals surface area (Å²) in [6.07, 6.45) is 0. The SMILES string of the molecule is Cc1cc2c(cc1C)[n+](=O)c(N)c(-c1c(Cl)cccc1Cl)n2O. The Morgan fingerprint density at radius 2 is 1.70 bits per heavy atom. The minimum absolute atomic E-state index is 0.0614. The molecule has 2 aromatic carbocycles. The standard InChI is InChI=1S/C16H14Cl2N3O2/c1-8-6-12-13(7-9(8)2)21(23)16(19)15(20(12)22)14-10(17)4-3-5-11(14)18/h3-7,22H,19H2,1-2H3/q+1. The molecule has 0 spiro atoms. The zero-order valence-electron chi connectivity index (χ0n) is 12.5. The van der Waals surface area contributed by atoms with Crippen molar-refractivity contribution in [3.8, 4) is 11.3 Å². The van der Waals surface area contributed by atoms with Gasteiger partial charge in [-0.3, -0.25) is 5.73 Å². The van der Waals surface area contributed by atoms with E-state index in [-0.39, 0.29) is 27.1 Å². The lowest BCUT2D eigenvalue weighted by atomic mass is 10.1. The average molecular weight is 351 g/mol. The monoisotopic (exact) mass is 350 g/mol. The number of nitrogens with two attached hydrogens (primary N) is 1. The number of hydrogen-bond acceptors (Lipinski definition) is 3. The van der Waals surface area contributed by atoms with Crippen LogP contribution >= 0.6 is 23.2 Å². The van der Waals surface area contributed by atoms with E-state index < -0.39 is 0 Å². The first kappa shape index (κ1) is 15.6. The topological polar surface area (TPSA) is 74.2 Å². The van der Waals surface area contributed by atoms with Crippen LogP contribution in [0.15, 0.2) is 30.3 Å². The van der Waals surface area contributed by atoms with Gasteiger partial charge < -0.3 is 5.21 Å². The van der Waals surface area contributed by atoms with Crippen LogP contribution in [0.4, 0.5) is 5.82 Å². The average Bonchev–Trinajstić information content (AvgIpc) is 2.50. The number of anilines is 1. The Bertz CT molecular complexity index is 992. The van der Waals surface area contributed by atoms with Crippen LogP contribution in [0.25, 0.3) is 22.3 Å². The maximum Gasteiger partial charge on any atom is 0.346 e. The Morgan fingerprint density at radius 3 is 2.30 bits per heavy atom. The zero-order valence-corrected chi connectivity index (χ0v) is 14.0. The third-order valence-electron chi connectivity index (χ3n) is 3.91. The first-order valence-electron chi connectivity index (χ1n) is 6.84. The second-order valence-corrected chi connectivity index (χ2v) is 6.18. The normalized spacial score (nSPS) is 11.1. The van der Waals surface area contributed by atoms with Gasteiger partial charge in [-0.1, -0.05) is 34.2 Å². The highest BCUT2D eigenvalue weighted by molar-refractivity contribution is 6.39. The summed E-state index contributed by atoms with van der Waals surface area (Å²) in [4.78, 5) is 12.5. The van der Waals surface area contributed by atoms with Gasteiger partial charge in [0.1, 0.15) is 5.52 Å². The van der Waals surface area contributed by atoms with Gasteiger partial charge in [-0.05, 0) is 49.2 Å². The van der Waals surface area contributed by atoms with Crippen LogP contribution < -0.4 is 10.2 Å². The van der Waals surface area contributed by atoms with E-state index >= 15 is 0 Å². The first-order valence-corrected chi connectivity index (χ1v) is 7.60.